The lowest BCUT2D eigenvalue weighted by Crippen LogP contribution is -1.97. The number of pyridine rings is 1. The highest BCUT2D eigenvalue weighted by Gasteiger charge is 2.42. The predicted octanol–water partition coefficient (Wildman–Crippen LogP) is 3.19. The highest BCUT2D eigenvalue weighted by molar-refractivity contribution is 6.29. The van der Waals surface area contributed by atoms with Crippen molar-refractivity contribution in [2.24, 2.45) is 0 Å². The SMILES string of the molecule is Fc1cnccc1[C@H]1C[C@@H]1c1cc(Cl)nn2ccnc12. The highest BCUT2D eigenvalue weighted by atomic mass is 35.5. The van der Waals surface area contributed by atoms with Gasteiger partial charge in [0.1, 0.15) is 11.0 Å². The van der Waals surface area contributed by atoms with Crippen LogP contribution in [0.3, 0.4) is 0 Å². The third-order valence-corrected chi connectivity index (χ3v) is 3.94. The molecule has 3 aromatic heterocycles. The molecule has 0 aliphatic heterocycles. The molecule has 4 rings (SSSR count). The number of fused-ring (bicyclic) bond motifs is 1. The van der Waals surface area contributed by atoms with Gasteiger partial charge in [0, 0.05) is 24.2 Å². The number of aromatic nitrogens is 4. The zero-order valence-electron chi connectivity index (χ0n) is 10.4. The summed E-state index contributed by atoms with van der Waals surface area (Å²) in [6.07, 6.45) is 7.22. The summed E-state index contributed by atoms with van der Waals surface area (Å²) < 4.78 is 15.4. The normalized spacial score (nSPS) is 21.3. The van der Waals surface area contributed by atoms with Gasteiger partial charge >= 0.3 is 0 Å². The van der Waals surface area contributed by atoms with Crippen LogP contribution in [0.15, 0.2) is 36.9 Å². The van der Waals surface area contributed by atoms with Gasteiger partial charge in [0.25, 0.3) is 0 Å². The highest BCUT2D eigenvalue weighted by Crippen LogP contribution is 2.55. The fraction of sp³-hybridized carbons (Fsp3) is 0.214. The number of hydrogen-bond acceptors (Lipinski definition) is 3. The summed E-state index contributed by atoms with van der Waals surface area (Å²) in [4.78, 5) is 8.09. The molecular weight excluding hydrogens is 279 g/mol. The molecule has 3 heterocycles. The Morgan fingerprint density at radius 3 is 2.95 bits per heavy atom. The van der Waals surface area contributed by atoms with Crippen molar-refractivity contribution in [2.45, 2.75) is 18.3 Å². The van der Waals surface area contributed by atoms with Gasteiger partial charge < -0.3 is 0 Å². The van der Waals surface area contributed by atoms with E-state index in [2.05, 4.69) is 15.1 Å². The second-order valence-corrected chi connectivity index (χ2v) is 5.35. The molecule has 0 N–H and O–H groups in total. The average Bonchev–Trinajstić information content (AvgIpc) is 3.08. The van der Waals surface area contributed by atoms with Crippen LogP contribution in [0.1, 0.15) is 29.4 Å². The Balaban J connectivity index is 1.76. The first-order chi connectivity index (χ1) is 9.74. The molecule has 1 saturated carbocycles. The van der Waals surface area contributed by atoms with E-state index in [4.69, 9.17) is 11.6 Å². The first-order valence-corrected chi connectivity index (χ1v) is 6.71. The van der Waals surface area contributed by atoms with Gasteiger partial charge in [-0.3, -0.25) is 4.98 Å². The van der Waals surface area contributed by atoms with Gasteiger partial charge in [0.05, 0.1) is 6.20 Å². The monoisotopic (exact) mass is 288 g/mol. The Labute approximate surface area is 119 Å². The van der Waals surface area contributed by atoms with E-state index in [0.717, 1.165) is 17.6 Å². The molecule has 4 nitrogen and oxygen atoms in total. The van der Waals surface area contributed by atoms with Crippen molar-refractivity contribution >= 4 is 17.2 Å². The van der Waals surface area contributed by atoms with E-state index in [-0.39, 0.29) is 17.7 Å². The van der Waals surface area contributed by atoms with Gasteiger partial charge in [0.15, 0.2) is 5.65 Å². The van der Waals surface area contributed by atoms with Gasteiger partial charge in [-0.05, 0) is 36.0 Å². The Morgan fingerprint density at radius 1 is 1.25 bits per heavy atom. The molecule has 0 radical (unpaired) electrons. The number of imidazole rings is 1. The average molecular weight is 289 g/mol. The molecule has 20 heavy (non-hydrogen) atoms. The van der Waals surface area contributed by atoms with Crippen LogP contribution in [0.4, 0.5) is 4.39 Å². The van der Waals surface area contributed by atoms with E-state index in [1.165, 1.54) is 6.20 Å². The van der Waals surface area contributed by atoms with Crippen LogP contribution < -0.4 is 0 Å². The van der Waals surface area contributed by atoms with Gasteiger partial charge in [-0.25, -0.2) is 13.9 Å². The van der Waals surface area contributed by atoms with Gasteiger partial charge in [-0.15, -0.1) is 0 Å². The molecule has 1 aliphatic rings. The van der Waals surface area contributed by atoms with Crippen molar-refractivity contribution in [2.75, 3.05) is 0 Å². The molecule has 0 unspecified atom stereocenters. The van der Waals surface area contributed by atoms with Gasteiger partial charge in [0.2, 0.25) is 0 Å². The van der Waals surface area contributed by atoms with E-state index in [1.54, 1.807) is 29.2 Å². The molecule has 0 spiro atoms. The molecule has 0 bridgehead atoms. The molecule has 100 valence electrons. The predicted molar refractivity (Wildman–Crippen MR) is 72.3 cm³/mol. The summed E-state index contributed by atoms with van der Waals surface area (Å²) in [7, 11) is 0. The Kier molecular flexibility index (Phi) is 2.50. The third kappa shape index (κ3) is 1.78. The standard InChI is InChI=1S/C14H10ClFN4/c15-13-6-11(14-18-3-4-20(14)19-13)10-5-9(10)8-1-2-17-7-12(8)16/h1-4,6-7,9-10H,5H2/t9-,10+/m1/s1. The molecule has 1 fully saturated rings. The maximum atomic E-state index is 13.8. The summed E-state index contributed by atoms with van der Waals surface area (Å²) in [6, 6.07) is 3.57. The fourth-order valence-corrected chi connectivity index (χ4v) is 2.95. The van der Waals surface area contributed by atoms with Crippen LogP contribution in [0.25, 0.3) is 5.65 Å². The molecular formula is C14H10ClFN4. The van der Waals surface area contributed by atoms with Crippen LogP contribution in [0, 0.1) is 5.82 Å². The molecule has 0 saturated heterocycles. The molecule has 2 atom stereocenters. The van der Waals surface area contributed by atoms with E-state index in [9.17, 15) is 4.39 Å². The number of rotatable bonds is 2. The van der Waals surface area contributed by atoms with Crippen molar-refractivity contribution in [3.8, 4) is 0 Å². The number of nitrogens with zero attached hydrogens (tertiary/aromatic N) is 4. The quantitative estimate of drug-likeness (QED) is 0.727. The van der Waals surface area contributed by atoms with Crippen LogP contribution in [0.2, 0.25) is 5.15 Å². The summed E-state index contributed by atoms with van der Waals surface area (Å²) >= 11 is 6.03. The second-order valence-electron chi connectivity index (χ2n) is 4.96. The van der Waals surface area contributed by atoms with E-state index in [1.807, 2.05) is 6.07 Å². The largest absolute Gasteiger partial charge is 0.262 e. The van der Waals surface area contributed by atoms with E-state index >= 15 is 0 Å². The molecule has 3 aromatic rings. The lowest BCUT2D eigenvalue weighted by Gasteiger charge is -2.05. The first-order valence-electron chi connectivity index (χ1n) is 6.33. The van der Waals surface area contributed by atoms with Crippen molar-refractivity contribution in [3.05, 3.63) is 59.0 Å². The number of hydrogen-bond donors (Lipinski definition) is 0. The molecule has 6 heteroatoms. The zero-order chi connectivity index (χ0) is 13.7. The van der Waals surface area contributed by atoms with Crippen LogP contribution >= 0.6 is 11.6 Å². The molecule has 1 aliphatic carbocycles. The summed E-state index contributed by atoms with van der Waals surface area (Å²) in [5, 5.41) is 4.58. The van der Waals surface area contributed by atoms with Crippen LogP contribution in [0.5, 0.6) is 0 Å². The van der Waals surface area contributed by atoms with E-state index in [0.29, 0.717) is 10.7 Å². The minimum Gasteiger partial charge on any atom is -0.262 e. The minimum atomic E-state index is -0.250. The van der Waals surface area contributed by atoms with Crippen molar-refractivity contribution < 1.29 is 4.39 Å². The summed E-state index contributed by atoms with van der Waals surface area (Å²) in [6.45, 7) is 0. The van der Waals surface area contributed by atoms with Crippen LogP contribution in [-0.4, -0.2) is 19.6 Å². The topological polar surface area (TPSA) is 43.1 Å². The van der Waals surface area contributed by atoms with E-state index < -0.39 is 0 Å². The van der Waals surface area contributed by atoms with Gasteiger partial charge in [-0.2, -0.15) is 5.10 Å². The zero-order valence-corrected chi connectivity index (χ0v) is 11.1. The Bertz CT molecular complexity index is 801. The van der Waals surface area contributed by atoms with Crippen molar-refractivity contribution in [3.63, 3.8) is 0 Å². The molecule has 0 aromatic carbocycles. The van der Waals surface area contributed by atoms with Gasteiger partial charge in [-0.1, -0.05) is 11.6 Å². The van der Waals surface area contributed by atoms with Crippen LogP contribution in [-0.2, 0) is 0 Å². The first kappa shape index (κ1) is 11.8. The lowest BCUT2D eigenvalue weighted by atomic mass is 10.1. The van der Waals surface area contributed by atoms with Crippen molar-refractivity contribution in [1.82, 2.24) is 19.6 Å². The maximum Gasteiger partial charge on any atom is 0.157 e. The lowest BCUT2D eigenvalue weighted by molar-refractivity contribution is 0.603. The van der Waals surface area contributed by atoms with Crippen molar-refractivity contribution in [1.29, 1.82) is 0 Å². The smallest absolute Gasteiger partial charge is 0.157 e. The second kappa shape index (κ2) is 4.24. The molecule has 0 amide bonds. The number of halogens is 2. The Hall–Kier alpha value is -2.01. The third-order valence-electron chi connectivity index (χ3n) is 3.75. The fourth-order valence-electron chi connectivity index (χ4n) is 2.75. The summed E-state index contributed by atoms with van der Waals surface area (Å²) in [5.74, 6) is 0.147. The minimum absolute atomic E-state index is 0.164. The Morgan fingerprint density at radius 2 is 2.10 bits per heavy atom. The maximum absolute atomic E-state index is 13.8. The summed E-state index contributed by atoms with van der Waals surface area (Å²) in [5.41, 5.74) is 2.52.